The van der Waals surface area contributed by atoms with Crippen LogP contribution in [0, 0.1) is 12.8 Å². The average molecular weight is 294 g/mol. The second-order valence-electron chi connectivity index (χ2n) is 4.50. The molecule has 90 valence electrons. The number of hydrogen-bond donors (Lipinski definition) is 1. The van der Waals surface area contributed by atoms with Crippen molar-refractivity contribution in [2.24, 2.45) is 5.92 Å². The number of carbonyl (C=O) groups is 1. The first kappa shape index (κ1) is 12.4. The molecule has 0 saturated carbocycles. The van der Waals surface area contributed by atoms with E-state index in [4.69, 9.17) is 0 Å². The Kier molecular flexibility index (Phi) is 4.00. The molecule has 3 heteroatoms. The van der Waals surface area contributed by atoms with Crippen LogP contribution in [-0.4, -0.2) is 5.91 Å². The van der Waals surface area contributed by atoms with Crippen molar-refractivity contribution >= 4 is 27.5 Å². The lowest BCUT2D eigenvalue weighted by molar-refractivity contribution is -0.116. The van der Waals surface area contributed by atoms with Crippen molar-refractivity contribution in [1.82, 2.24) is 0 Å². The lowest BCUT2D eigenvalue weighted by Crippen LogP contribution is -2.15. The van der Waals surface area contributed by atoms with Crippen LogP contribution in [0.5, 0.6) is 0 Å². The molecule has 0 saturated heterocycles. The number of hydrogen-bond acceptors (Lipinski definition) is 1. The van der Waals surface area contributed by atoms with Gasteiger partial charge >= 0.3 is 0 Å². The molecule has 0 spiro atoms. The monoisotopic (exact) mass is 293 g/mol. The predicted octanol–water partition coefficient (Wildman–Crippen LogP) is 4.05. The van der Waals surface area contributed by atoms with Gasteiger partial charge in [-0.3, -0.25) is 4.79 Å². The summed E-state index contributed by atoms with van der Waals surface area (Å²) in [5.74, 6) is 0.505. The Hall–Kier alpha value is -1.09. The Morgan fingerprint density at radius 3 is 3.00 bits per heavy atom. The standard InChI is InChI=1S/C14H16BrNO/c1-10-6-7-13(12(15)8-10)16-14(17)9-11-4-2-3-5-11/h2,4,6-8,11H,3,5,9H2,1H3,(H,16,17)/t11-/m0/s1. The molecule has 1 aromatic rings. The van der Waals surface area contributed by atoms with Crippen LogP contribution in [0.2, 0.25) is 0 Å². The van der Waals surface area contributed by atoms with Crippen molar-refractivity contribution < 1.29 is 4.79 Å². The summed E-state index contributed by atoms with van der Waals surface area (Å²) in [5.41, 5.74) is 2.02. The van der Waals surface area contributed by atoms with Crippen LogP contribution in [-0.2, 0) is 4.79 Å². The Morgan fingerprint density at radius 2 is 2.35 bits per heavy atom. The van der Waals surface area contributed by atoms with Crippen molar-refractivity contribution in [3.63, 3.8) is 0 Å². The maximum Gasteiger partial charge on any atom is 0.224 e. The van der Waals surface area contributed by atoms with Gasteiger partial charge in [-0.2, -0.15) is 0 Å². The zero-order chi connectivity index (χ0) is 12.3. The minimum atomic E-state index is 0.0890. The van der Waals surface area contributed by atoms with Gasteiger partial charge in [0.25, 0.3) is 0 Å². The number of carbonyl (C=O) groups excluding carboxylic acids is 1. The van der Waals surface area contributed by atoms with E-state index in [0.29, 0.717) is 12.3 Å². The molecule has 1 aliphatic rings. The van der Waals surface area contributed by atoms with E-state index in [-0.39, 0.29) is 5.91 Å². The third-order valence-corrected chi connectivity index (χ3v) is 3.61. The van der Waals surface area contributed by atoms with E-state index in [1.807, 2.05) is 25.1 Å². The zero-order valence-corrected chi connectivity index (χ0v) is 11.5. The van der Waals surface area contributed by atoms with E-state index >= 15 is 0 Å². The van der Waals surface area contributed by atoms with Gasteiger partial charge in [0.1, 0.15) is 0 Å². The maximum absolute atomic E-state index is 11.8. The number of halogens is 1. The summed E-state index contributed by atoms with van der Waals surface area (Å²) in [6, 6.07) is 5.93. The normalized spacial score (nSPS) is 18.4. The molecule has 2 rings (SSSR count). The van der Waals surface area contributed by atoms with Gasteiger partial charge in [0, 0.05) is 10.9 Å². The molecule has 0 radical (unpaired) electrons. The lowest BCUT2D eigenvalue weighted by atomic mass is 10.1. The second kappa shape index (κ2) is 5.50. The highest BCUT2D eigenvalue weighted by Gasteiger charge is 2.14. The van der Waals surface area contributed by atoms with Crippen molar-refractivity contribution in [2.75, 3.05) is 5.32 Å². The summed E-state index contributed by atoms with van der Waals surface area (Å²) in [5, 5.41) is 2.94. The first-order valence-electron chi connectivity index (χ1n) is 5.88. The summed E-state index contributed by atoms with van der Waals surface area (Å²) < 4.78 is 0.938. The van der Waals surface area contributed by atoms with Crippen LogP contribution in [0.3, 0.4) is 0 Å². The predicted molar refractivity (Wildman–Crippen MR) is 74.0 cm³/mol. The van der Waals surface area contributed by atoms with Crippen LogP contribution in [0.25, 0.3) is 0 Å². The average Bonchev–Trinajstić information content (AvgIpc) is 2.75. The van der Waals surface area contributed by atoms with Crippen molar-refractivity contribution in [3.05, 3.63) is 40.4 Å². The Balaban J connectivity index is 1.95. The van der Waals surface area contributed by atoms with Crippen LogP contribution in [0.15, 0.2) is 34.8 Å². The minimum Gasteiger partial charge on any atom is -0.325 e. The molecule has 1 N–H and O–H groups in total. The first-order valence-corrected chi connectivity index (χ1v) is 6.67. The fourth-order valence-electron chi connectivity index (χ4n) is 2.03. The molecule has 1 amide bonds. The zero-order valence-electron chi connectivity index (χ0n) is 9.87. The molecule has 0 unspecified atom stereocenters. The largest absolute Gasteiger partial charge is 0.325 e. The van der Waals surface area contributed by atoms with E-state index in [1.165, 1.54) is 5.56 Å². The SMILES string of the molecule is Cc1ccc(NC(=O)C[C@H]2C=CCC2)c(Br)c1. The van der Waals surface area contributed by atoms with Crippen molar-refractivity contribution in [2.45, 2.75) is 26.2 Å². The van der Waals surface area contributed by atoms with Gasteiger partial charge in [-0.05, 0) is 59.3 Å². The fraction of sp³-hybridized carbons (Fsp3) is 0.357. The Bertz CT molecular complexity index is 454. The number of allylic oxidation sites excluding steroid dienone is 2. The fourth-order valence-corrected chi connectivity index (χ4v) is 2.62. The first-order chi connectivity index (χ1) is 8.15. The van der Waals surface area contributed by atoms with E-state index in [1.54, 1.807) is 0 Å². The summed E-state index contributed by atoms with van der Waals surface area (Å²) in [7, 11) is 0. The number of nitrogens with one attached hydrogen (secondary N) is 1. The smallest absolute Gasteiger partial charge is 0.224 e. The number of benzene rings is 1. The van der Waals surface area contributed by atoms with E-state index < -0.39 is 0 Å². The van der Waals surface area contributed by atoms with Crippen LogP contribution in [0.1, 0.15) is 24.8 Å². The molecule has 2 nitrogen and oxygen atoms in total. The molecule has 17 heavy (non-hydrogen) atoms. The maximum atomic E-state index is 11.8. The molecule has 1 atom stereocenters. The third-order valence-electron chi connectivity index (χ3n) is 2.96. The van der Waals surface area contributed by atoms with Gasteiger partial charge in [-0.25, -0.2) is 0 Å². The van der Waals surface area contributed by atoms with E-state index in [2.05, 4.69) is 33.4 Å². The van der Waals surface area contributed by atoms with E-state index in [0.717, 1.165) is 23.0 Å². The summed E-state index contributed by atoms with van der Waals surface area (Å²) in [6.07, 6.45) is 7.08. The Labute approximate surface area is 110 Å². The second-order valence-corrected chi connectivity index (χ2v) is 5.36. The van der Waals surface area contributed by atoms with E-state index in [9.17, 15) is 4.79 Å². The van der Waals surface area contributed by atoms with Gasteiger partial charge in [-0.1, -0.05) is 18.2 Å². The highest BCUT2D eigenvalue weighted by Crippen LogP contribution is 2.25. The molecule has 0 aliphatic heterocycles. The topological polar surface area (TPSA) is 29.1 Å². The highest BCUT2D eigenvalue weighted by atomic mass is 79.9. The summed E-state index contributed by atoms with van der Waals surface area (Å²) in [6.45, 7) is 2.03. The third kappa shape index (κ3) is 3.43. The molecule has 1 aliphatic carbocycles. The van der Waals surface area contributed by atoms with Gasteiger partial charge in [0.15, 0.2) is 0 Å². The van der Waals surface area contributed by atoms with Gasteiger partial charge in [0.05, 0.1) is 5.69 Å². The summed E-state index contributed by atoms with van der Waals surface area (Å²) in [4.78, 5) is 11.8. The molecule has 0 heterocycles. The van der Waals surface area contributed by atoms with Gasteiger partial charge in [0.2, 0.25) is 5.91 Å². The molecular formula is C14H16BrNO. The molecule has 1 aromatic carbocycles. The molecule has 0 aromatic heterocycles. The molecule has 0 fully saturated rings. The van der Waals surface area contributed by atoms with Crippen molar-refractivity contribution in [3.8, 4) is 0 Å². The lowest BCUT2D eigenvalue weighted by Gasteiger charge is -2.10. The highest BCUT2D eigenvalue weighted by molar-refractivity contribution is 9.10. The number of anilines is 1. The summed E-state index contributed by atoms with van der Waals surface area (Å²) >= 11 is 3.46. The quantitative estimate of drug-likeness (QED) is 0.837. The Morgan fingerprint density at radius 1 is 1.53 bits per heavy atom. The number of amides is 1. The van der Waals surface area contributed by atoms with Crippen LogP contribution >= 0.6 is 15.9 Å². The van der Waals surface area contributed by atoms with Crippen LogP contribution < -0.4 is 5.32 Å². The van der Waals surface area contributed by atoms with Gasteiger partial charge in [-0.15, -0.1) is 0 Å². The number of aryl methyl sites for hydroxylation is 1. The van der Waals surface area contributed by atoms with Crippen LogP contribution in [0.4, 0.5) is 5.69 Å². The molecular weight excluding hydrogens is 278 g/mol. The molecule has 0 bridgehead atoms. The van der Waals surface area contributed by atoms with Gasteiger partial charge < -0.3 is 5.32 Å². The van der Waals surface area contributed by atoms with Crippen molar-refractivity contribution in [1.29, 1.82) is 0 Å². The minimum absolute atomic E-state index is 0.0890. The number of rotatable bonds is 3.